The molecule has 0 saturated carbocycles. The van der Waals surface area contributed by atoms with Gasteiger partial charge in [0.05, 0.1) is 16.2 Å². The number of Topliss-reactive ketones (excluding diaryl/α,β-unsaturated/α-hetero) is 1. The average Bonchev–Trinajstić information content (AvgIpc) is 3.04. The Balaban J connectivity index is 1.56. The number of aryl methyl sites for hydroxylation is 1. The summed E-state index contributed by atoms with van der Waals surface area (Å²) in [5.41, 5.74) is 2.52. The molecule has 1 aliphatic carbocycles. The normalized spacial score (nSPS) is 13.8. The van der Waals surface area contributed by atoms with Crippen molar-refractivity contribution in [2.75, 3.05) is 0 Å². The maximum absolute atomic E-state index is 12.0. The predicted molar refractivity (Wildman–Crippen MR) is 90.7 cm³/mol. The molecule has 0 amide bonds. The zero-order valence-electron chi connectivity index (χ0n) is 13.1. The van der Waals surface area contributed by atoms with E-state index in [1.807, 2.05) is 0 Å². The summed E-state index contributed by atoms with van der Waals surface area (Å²) in [6.45, 7) is 0. The number of carbonyl (C=O) groups excluding carboxylic acids is 1. The Labute approximate surface area is 146 Å². The Morgan fingerprint density at radius 3 is 2.80 bits per heavy atom. The van der Waals surface area contributed by atoms with Crippen molar-refractivity contribution in [1.29, 1.82) is 0 Å². The molecule has 2 heterocycles. The van der Waals surface area contributed by atoms with Crippen molar-refractivity contribution in [3.05, 3.63) is 57.4 Å². The molecule has 0 unspecified atom stereocenters. The first-order chi connectivity index (χ1) is 12.1. The number of hydrogen-bond donors (Lipinski definition) is 0. The lowest BCUT2D eigenvalue weighted by Gasteiger charge is -2.13. The highest BCUT2D eigenvalue weighted by Crippen LogP contribution is 2.24. The lowest BCUT2D eigenvalue weighted by atomic mass is 9.96. The van der Waals surface area contributed by atoms with E-state index < -0.39 is 4.92 Å². The van der Waals surface area contributed by atoms with E-state index in [2.05, 4.69) is 15.1 Å². The first-order valence-corrected chi connectivity index (χ1v) is 8.74. The van der Waals surface area contributed by atoms with Gasteiger partial charge in [-0.1, -0.05) is 23.9 Å². The van der Waals surface area contributed by atoms with Crippen LogP contribution in [0.4, 0.5) is 5.69 Å². The van der Waals surface area contributed by atoms with Crippen LogP contribution in [0.1, 0.15) is 34.5 Å². The van der Waals surface area contributed by atoms with Gasteiger partial charge in [-0.05, 0) is 18.4 Å². The number of fused-ring (bicyclic) bond motifs is 3. The van der Waals surface area contributed by atoms with E-state index >= 15 is 0 Å². The van der Waals surface area contributed by atoms with Gasteiger partial charge in [-0.25, -0.2) is 4.98 Å². The van der Waals surface area contributed by atoms with Crippen LogP contribution in [0.2, 0.25) is 0 Å². The van der Waals surface area contributed by atoms with Gasteiger partial charge in [-0.15, -0.1) is 5.10 Å². The summed E-state index contributed by atoms with van der Waals surface area (Å²) in [6.07, 6.45) is 3.74. The van der Waals surface area contributed by atoms with Gasteiger partial charge >= 0.3 is 0 Å². The predicted octanol–water partition coefficient (Wildman–Crippen LogP) is 2.84. The summed E-state index contributed by atoms with van der Waals surface area (Å²) in [5.74, 6) is 1.18. The molecule has 25 heavy (non-hydrogen) atoms. The van der Waals surface area contributed by atoms with E-state index in [1.54, 1.807) is 22.8 Å². The lowest BCUT2D eigenvalue weighted by Crippen LogP contribution is -2.16. The Morgan fingerprint density at radius 1 is 1.24 bits per heavy atom. The third kappa shape index (κ3) is 2.98. The van der Waals surface area contributed by atoms with Crippen molar-refractivity contribution in [3.63, 3.8) is 0 Å². The molecule has 8 nitrogen and oxygen atoms in total. The zero-order chi connectivity index (χ0) is 17.4. The van der Waals surface area contributed by atoms with Crippen LogP contribution in [-0.2, 0) is 12.2 Å². The minimum Gasteiger partial charge on any atom is -0.294 e. The number of non-ortho nitro benzene ring substituents is 1. The van der Waals surface area contributed by atoms with Crippen LogP contribution in [0.25, 0.3) is 5.78 Å². The molecule has 0 aliphatic heterocycles. The first-order valence-electron chi connectivity index (χ1n) is 7.76. The third-order valence-corrected chi connectivity index (χ3v) is 4.99. The monoisotopic (exact) mass is 355 g/mol. The van der Waals surface area contributed by atoms with E-state index in [0.29, 0.717) is 28.7 Å². The zero-order valence-corrected chi connectivity index (χ0v) is 13.9. The molecular weight excluding hydrogens is 342 g/mol. The van der Waals surface area contributed by atoms with Crippen LogP contribution in [0.15, 0.2) is 35.6 Å². The van der Waals surface area contributed by atoms with Crippen molar-refractivity contribution in [3.8, 4) is 0 Å². The second-order valence-corrected chi connectivity index (χ2v) is 6.66. The molecule has 3 aromatic rings. The smallest absolute Gasteiger partial charge is 0.269 e. The standard InChI is InChI=1S/C16H13N5O3S/c22-14-3-1-2-13-12(14)8-17-15-18-16(19-20(13)15)25-9-10-4-6-11(7-5-10)21(23)24/h4-8H,1-3,9H2. The molecule has 0 radical (unpaired) electrons. The van der Waals surface area contributed by atoms with E-state index in [4.69, 9.17) is 0 Å². The van der Waals surface area contributed by atoms with Gasteiger partial charge in [0.15, 0.2) is 5.78 Å². The Hall–Kier alpha value is -2.81. The average molecular weight is 355 g/mol. The lowest BCUT2D eigenvalue weighted by molar-refractivity contribution is -0.384. The second-order valence-electron chi connectivity index (χ2n) is 5.71. The Bertz CT molecular complexity index is 983. The summed E-state index contributed by atoms with van der Waals surface area (Å²) in [6, 6.07) is 6.41. The van der Waals surface area contributed by atoms with Crippen LogP contribution in [0.5, 0.6) is 0 Å². The minimum absolute atomic E-state index is 0.0695. The van der Waals surface area contributed by atoms with Gasteiger partial charge in [-0.2, -0.15) is 9.50 Å². The molecule has 0 spiro atoms. The fraction of sp³-hybridized carbons (Fsp3) is 0.250. The van der Waals surface area contributed by atoms with Crippen molar-refractivity contribution in [1.82, 2.24) is 19.6 Å². The topological polar surface area (TPSA) is 103 Å². The maximum Gasteiger partial charge on any atom is 0.269 e. The van der Waals surface area contributed by atoms with Crippen molar-refractivity contribution >= 4 is 29.0 Å². The second kappa shape index (κ2) is 6.25. The summed E-state index contributed by atoms with van der Waals surface area (Å²) in [4.78, 5) is 30.8. The molecule has 126 valence electrons. The number of nitro benzene ring substituents is 1. The fourth-order valence-electron chi connectivity index (χ4n) is 2.81. The number of ketones is 1. The Kier molecular flexibility index (Phi) is 3.92. The summed E-state index contributed by atoms with van der Waals surface area (Å²) >= 11 is 1.43. The highest BCUT2D eigenvalue weighted by Gasteiger charge is 2.22. The van der Waals surface area contributed by atoms with Gasteiger partial charge in [0.25, 0.3) is 11.5 Å². The van der Waals surface area contributed by atoms with E-state index in [1.165, 1.54) is 23.9 Å². The molecule has 0 bridgehead atoms. The molecule has 9 heteroatoms. The number of aromatic nitrogens is 4. The molecular formula is C16H13N5O3S. The number of carbonyl (C=O) groups is 1. The quantitative estimate of drug-likeness (QED) is 0.403. The minimum atomic E-state index is -0.420. The van der Waals surface area contributed by atoms with E-state index in [9.17, 15) is 14.9 Å². The highest BCUT2D eigenvalue weighted by atomic mass is 32.2. The SMILES string of the molecule is O=C1CCCc2c1cnc1nc(SCc3ccc([N+](=O)[O-])cc3)nn21. The fourth-order valence-corrected chi connectivity index (χ4v) is 3.58. The number of nitrogens with zero attached hydrogens (tertiary/aromatic N) is 5. The molecule has 1 aliphatic rings. The van der Waals surface area contributed by atoms with Crippen LogP contribution in [-0.4, -0.2) is 30.3 Å². The van der Waals surface area contributed by atoms with E-state index in [0.717, 1.165) is 24.1 Å². The van der Waals surface area contributed by atoms with Gasteiger partial charge < -0.3 is 0 Å². The first kappa shape index (κ1) is 15.7. The van der Waals surface area contributed by atoms with Crippen LogP contribution < -0.4 is 0 Å². The number of thioether (sulfide) groups is 1. The number of benzene rings is 1. The van der Waals surface area contributed by atoms with Crippen molar-refractivity contribution < 1.29 is 9.72 Å². The highest BCUT2D eigenvalue weighted by molar-refractivity contribution is 7.98. The van der Waals surface area contributed by atoms with Crippen molar-refractivity contribution in [2.24, 2.45) is 0 Å². The largest absolute Gasteiger partial charge is 0.294 e. The molecule has 0 atom stereocenters. The molecule has 0 fully saturated rings. The van der Waals surface area contributed by atoms with Gasteiger partial charge in [-0.3, -0.25) is 14.9 Å². The molecule has 2 aromatic heterocycles. The van der Waals surface area contributed by atoms with Crippen molar-refractivity contribution in [2.45, 2.75) is 30.2 Å². The van der Waals surface area contributed by atoms with Crippen LogP contribution in [0, 0.1) is 10.1 Å². The van der Waals surface area contributed by atoms with Crippen LogP contribution in [0.3, 0.4) is 0 Å². The Morgan fingerprint density at radius 2 is 2.04 bits per heavy atom. The van der Waals surface area contributed by atoms with Gasteiger partial charge in [0, 0.05) is 30.5 Å². The molecule has 0 saturated heterocycles. The number of hydrogen-bond acceptors (Lipinski definition) is 7. The molecule has 1 aromatic carbocycles. The molecule has 0 N–H and O–H groups in total. The summed E-state index contributed by atoms with van der Waals surface area (Å²) < 4.78 is 1.66. The summed E-state index contributed by atoms with van der Waals surface area (Å²) in [5, 5.41) is 15.7. The summed E-state index contributed by atoms with van der Waals surface area (Å²) in [7, 11) is 0. The van der Waals surface area contributed by atoms with E-state index in [-0.39, 0.29) is 11.5 Å². The maximum atomic E-state index is 12.0. The van der Waals surface area contributed by atoms with Crippen LogP contribution >= 0.6 is 11.8 Å². The molecule has 4 rings (SSSR count). The number of nitro groups is 1. The number of rotatable bonds is 4. The van der Waals surface area contributed by atoms with Gasteiger partial charge in [0.2, 0.25) is 5.16 Å². The van der Waals surface area contributed by atoms with Gasteiger partial charge in [0.1, 0.15) is 0 Å². The third-order valence-electron chi connectivity index (χ3n) is 4.08.